The monoisotopic (exact) mass is 395 g/mol. The summed E-state index contributed by atoms with van der Waals surface area (Å²) in [5.41, 5.74) is 0. The molecule has 1 atom stereocenters. The Balaban J connectivity index is 3.56. The fourth-order valence-corrected chi connectivity index (χ4v) is 3.63. The van der Waals surface area contributed by atoms with E-state index in [1.165, 1.54) is 70.6 Å². The number of nitrogens with zero attached hydrogens (tertiary/aromatic N) is 1. The Hall–Kier alpha value is -0.870. The van der Waals surface area contributed by atoms with E-state index in [-0.39, 0.29) is 5.91 Å². The first-order chi connectivity index (χ1) is 13.5. The molecule has 0 aliphatic rings. The standard InChI is InChI=1S/C24H49N3O/c1-6-8-9-10-11-12-13-14-15-16-17-18-19-20-21-22-23(28)26-24(7-2,25-3)27(4)5/h14-15,25H,6-13,16-22H2,1-5H3,(H,26,28)/b15-14-. The lowest BCUT2D eigenvalue weighted by Gasteiger charge is -2.39. The summed E-state index contributed by atoms with van der Waals surface area (Å²) < 4.78 is 0. The lowest BCUT2D eigenvalue weighted by atomic mass is 10.1. The molecule has 0 aliphatic carbocycles. The van der Waals surface area contributed by atoms with Gasteiger partial charge in [0.1, 0.15) is 5.79 Å². The number of unbranched alkanes of at least 4 members (excludes halogenated alkanes) is 11. The zero-order chi connectivity index (χ0) is 21.1. The van der Waals surface area contributed by atoms with E-state index in [9.17, 15) is 4.79 Å². The van der Waals surface area contributed by atoms with Gasteiger partial charge in [-0.15, -0.1) is 0 Å². The molecule has 0 aromatic heterocycles. The molecule has 2 N–H and O–H groups in total. The minimum absolute atomic E-state index is 0.141. The van der Waals surface area contributed by atoms with Crippen molar-refractivity contribution in [2.45, 2.75) is 116 Å². The van der Waals surface area contributed by atoms with Crippen molar-refractivity contribution in [3.05, 3.63) is 12.2 Å². The summed E-state index contributed by atoms with van der Waals surface area (Å²) in [5.74, 6) is -0.290. The molecule has 0 rings (SSSR count). The Kier molecular flexibility index (Phi) is 17.6. The van der Waals surface area contributed by atoms with Crippen molar-refractivity contribution in [3.8, 4) is 0 Å². The predicted molar refractivity (Wildman–Crippen MR) is 123 cm³/mol. The first-order valence-corrected chi connectivity index (χ1v) is 11.8. The molecule has 0 aromatic carbocycles. The van der Waals surface area contributed by atoms with E-state index in [0.717, 1.165) is 19.3 Å². The molecule has 0 aromatic rings. The third-order valence-corrected chi connectivity index (χ3v) is 5.70. The summed E-state index contributed by atoms with van der Waals surface area (Å²) in [7, 11) is 5.87. The molecule has 0 aliphatic heterocycles. The minimum Gasteiger partial charge on any atom is -0.325 e. The fraction of sp³-hybridized carbons (Fsp3) is 0.875. The number of amides is 1. The second-order valence-corrected chi connectivity index (χ2v) is 8.24. The van der Waals surface area contributed by atoms with Crippen LogP contribution in [0.3, 0.4) is 0 Å². The van der Waals surface area contributed by atoms with Crippen LogP contribution in [0.15, 0.2) is 12.2 Å². The average Bonchev–Trinajstić information content (AvgIpc) is 2.68. The van der Waals surface area contributed by atoms with Crippen molar-refractivity contribution in [2.24, 2.45) is 0 Å². The van der Waals surface area contributed by atoms with Crippen molar-refractivity contribution in [1.82, 2.24) is 15.5 Å². The zero-order valence-electron chi connectivity index (χ0n) is 19.6. The summed E-state index contributed by atoms with van der Waals surface area (Å²) in [6.07, 6.45) is 22.8. The van der Waals surface area contributed by atoms with Gasteiger partial charge in [-0.2, -0.15) is 0 Å². The third kappa shape index (κ3) is 13.3. The van der Waals surface area contributed by atoms with Crippen LogP contribution in [0.4, 0.5) is 0 Å². The smallest absolute Gasteiger partial charge is 0.222 e. The largest absolute Gasteiger partial charge is 0.325 e. The molecule has 0 saturated carbocycles. The number of hydrogen-bond donors (Lipinski definition) is 2. The number of carbonyl (C=O) groups is 1. The van der Waals surface area contributed by atoms with Gasteiger partial charge in [-0.1, -0.05) is 77.4 Å². The number of nitrogens with one attached hydrogen (secondary N) is 2. The topological polar surface area (TPSA) is 44.4 Å². The van der Waals surface area contributed by atoms with Crippen LogP contribution in [-0.2, 0) is 4.79 Å². The minimum atomic E-state index is -0.432. The van der Waals surface area contributed by atoms with E-state index < -0.39 is 5.79 Å². The number of rotatable bonds is 19. The van der Waals surface area contributed by atoms with Crippen molar-refractivity contribution in [2.75, 3.05) is 21.1 Å². The van der Waals surface area contributed by atoms with E-state index in [0.29, 0.717) is 6.42 Å². The van der Waals surface area contributed by atoms with Gasteiger partial charge in [0.2, 0.25) is 5.91 Å². The molecule has 0 bridgehead atoms. The van der Waals surface area contributed by atoms with E-state index >= 15 is 0 Å². The molecule has 0 spiro atoms. The number of carbonyl (C=O) groups excluding carboxylic acids is 1. The average molecular weight is 396 g/mol. The molecular formula is C24H49N3O. The highest BCUT2D eigenvalue weighted by atomic mass is 16.2. The number of hydrogen-bond acceptors (Lipinski definition) is 3. The maximum atomic E-state index is 12.2. The predicted octanol–water partition coefficient (Wildman–Crippen LogP) is 5.98. The van der Waals surface area contributed by atoms with E-state index in [2.05, 4.69) is 36.6 Å². The van der Waals surface area contributed by atoms with Gasteiger partial charge in [-0.25, -0.2) is 0 Å². The van der Waals surface area contributed by atoms with Crippen LogP contribution in [0.2, 0.25) is 0 Å². The Morgan fingerprint density at radius 2 is 1.32 bits per heavy atom. The molecule has 0 radical (unpaired) electrons. The third-order valence-electron chi connectivity index (χ3n) is 5.70. The quantitative estimate of drug-likeness (QED) is 0.160. The Labute approximate surface area is 175 Å². The van der Waals surface area contributed by atoms with Crippen LogP contribution in [0.25, 0.3) is 0 Å². The zero-order valence-corrected chi connectivity index (χ0v) is 19.6. The molecule has 0 fully saturated rings. The van der Waals surface area contributed by atoms with Crippen LogP contribution in [0.1, 0.15) is 110 Å². The van der Waals surface area contributed by atoms with Gasteiger partial charge in [0.25, 0.3) is 0 Å². The Morgan fingerprint density at radius 3 is 1.79 bits per heavy atom. The van der Waals surface area contributed by atoms with Gasteiger partial charge in [0, 0.05) is 6.42 Å². The SMILES string of the molecule is CCCCCCCC/C=C\CCCCCCCC(=O)NC(CC)(NC)N(C)C. The second-order valence-electron chi connectivity index (χ2n) is 8.24. The first kappa shape index (κ1) is 27.1. The fourth-order valence-electron chi connectivity index (χ4n) is 3.63. The number of allylic oxidation sites excluding steroid dienone is 2. The van der Waals surface area contributed by atoms with Crippen LogP contribution in [0.5, 0.6) is 0 Å². The van der Waals surface area contributed by atoms with Crippen LogP contribution in [0, 0.1) is 0 Å². The van der Waals surface area contributed by atoms with Gasteiger partial charge in [-0.05, 0) is 59.7 Å². The van der Waals surface area contributed by atoms with Gasteiger partial charge >= 0.3 is 0 Å². The lowest BCUT2D eigenvalue weighted by molar-refractivity contribution is -0.126. The molecule has 0 saturated heterocycles. The first-order valence-electron chi connectivity index (χ1n) is 11.8. The van der Waals surface area contributed by atoms with E-state index in [1.807, 2.05) is 26.0 Å². The van der Waals surface area contributed by atoms with Crippen LogP contribution >= 0.6 is 0 Å². The molecule has 4 nitrogen and oxygen atoms in total. The van der Waals surface area contributed by atoms with Gasteiger partial charge in [-0.3, -0.25) is 15.0 Å². The lowest BCUT2D eigenvalue weighted by Crippen LogP contribution is -2.65. The summed E-state index contributed by atoms with van der Waals surface area (Å²) in [5, 5.41) is 6.38. The van der Waals surface area contributed by atoms with E-state index in [1.54, 1.807) is 0 Å². The van der Waals surface area contributed by atoms with Gasteiger partial charge in [0.15, 0.2) is 0 Å². The maximum absolute atomic E-state index is 12.2. The van der Waals surface area contributed by atoms with E-state index in [4.69, 9.17) is 0 Å². The molecular weight excluding hydrogens is 346 g/mol. The van der Waals surface area contributed by atoms with Gasteiger partial charge < -0.3 is 5.32 Å². The summed E-state index contributed by atoms with van der Waals surface area (Å²) in [4.78, 5) is 14.3. The van der Waals surface area contributed by atoms with Crippen LogP contribution < -0.4 is 10.6 Å². The van der Waals surface area contributed by atoms with Crippen molar-refractivity contribution in [3.63, 3.8) is 0 Å². The van der Waals surface area contributed by atoms with Gasteiger partial charge in [0.05, 0.1) is 0 Å². The maximum Gasteiger partial charge on any atom is 0.222 e. The second kappa shape index (κ2) is 18.2. The normalized spacial score (nSPS) is 13.9. The Bertz CT molecular complexity index is 389. The van der Waals surface area contributed by atoms with Crippen molar-refractivity contribution < 1.29 is 4.79 Å². The molecule has 4 heteroatoms. The summed E-state index contributed by atoms with van der Waals surface area (Å²) in [6.45, 7) is 4.35. The molecule has 1 amide bonds. The van der Waals surface area contributed by atoms with Crippen molar-refractivity contribution >= 4 is 5.91 Å². The van der Waals surface area contributed by atoms with Crippen molar-refractivity contribution in [1.29, 1.82) is 0 Å². The highest BCUT2D eigenvalue weighted by Gasteiger charge is 2.29. The molecule has 28 heavy (non-hydrogen) atoms. The van der Waals surface area contributed by atoms with Crippen LogP contribution in [-0.4, -0.2) is 37.7 Å². The Morgan fingerprint density at radius 1 is 0.821 bits per heavy atom. The summed E-state index contributed by atoms with van der Waals surface area (Å²) >= 11 is 0. The summed E-state index contributed by atoms with van der Waals surface area (Å²) in [6, 6.07) is 0. The molecule has 166 valence electrons. The molecule has 0 heterocycles. The highest BCUT2D eigenvalue weighted by Crippen LogP contribution is 2.12. The highest BCUT2D eigenvalue weighted by molar-refractivity contribution is 5.76. The molecule has 1 unspecified atom stereocenters.